The second kappa shape index (κ2) is 31.7. The van der Waals surface area contributed by atoms with Gasteiger partial charge in [-0.3, -0.25) is 0 Å². The Bertz CT molecular complexity index is 384. The predicted molar refractivity (Wildman–Crippen MR) is 117 cm³/mol. The summed E-state index contributed by atoms with van der Waals surface area (Å²) in [5.41, 5.74) is 4.03. The molecule has 0 aromatic carbocycles. The first-order valence-corrected chi connectivity index (χ1v) is 10.1. The second-order valence-corrected chi connectivity index (χ2v) is 5.28. The Balaban J connectivity index is -0.000000283. The van der Waals surface area contributed by atoms with Crippen molar-refractivity contribution in [2.75, 3.05) is 0 Å². The standard InChI is InChI=1S/C17H28O2.2C2H6.CH3NO2/c1-3-4-13-16(2)14-11-9-7-5-6-8-10-12-15-17(18)19;2*1-2;2-1(3)4/h3-4,11-12,14-16H,5-10,13H2,1-2H3,(H,18,19);2*1-2H3;2H2,(H,3,4)/b4-3+,14-11+,15-12-;;;. The second-order valence-electron chi connectivity index (χ2n) is 5.28. The predicted octanol–water partition coefficient (Wildman–Crippen LogP) is 6.80. The summed E-state index contributed by atoms with van der Waals surface area (Å²) in [4.78, 5) is 19.0. The average molecular weight is 386 g/mol. The molecule has 1 unspecified atom stereocenters. The van der Waals surface area contributed by atoms with Gasteiger partial charge in [-0.15, -0.1) is 0 Å². The molecule has 27 heavy (non-hydrogen) atoms. The van der Waals surface area contributed by atoms with E-state index in [1.807, 2.05) is 27.7 Å². The highest BCUT2D eigenvalue weighted by molar-refractivity contribution is 5.79. The lowest BCUT2D eigenvalue weighted by Gasteiger charge is -2.01. The molecule has 5 nitrogen and oxygen atoms in total. The summed E-state index contributed by atoms with van der Waals surface area (Å²) in [7, 11) is 0. The van der Waals surface area contributed by atoms with E-state index in [2.05, 4.69) is 43.9 Å². The van der Waals surface area contributed by atoms with Crippen molar-refractivity contribution in [1.82, 2.24) is 0 Å². The number of nitrogens with two attached hydrogens (primary N) is 1. The summed E-state index contributed by atoms with van der Waals surface area (Å²) < 4.78 is 0. The number of hydrogen-bond donors (Lipinski definition) is 3. The number of carboxylic acids is 1. The van der Waals surface area contributed by atoms with E-state index < -0.39 is 12.1 Å². The monoisotopic (exact) mass is 385 g/mol. The van der Waals surface area contributed by atoms with Gasteiger partial charge < -0.3 is 15.9 Å². The Morgan fingerprint density at radius 3 is 1.74 bits per heavy atom. The van der Waals surface area contributed by atoms with Crippen LogP contribution in [0.15, 0.2) is 36.5 Å². The van der Waals surface area contributed by atoms with Crippen LogP contribution in [-0.4, -0.2) is 22.3 Å². The van der Waals surface area contributed by atoms with Crippen molar-refractivity contribution in [1.29, 1.82) is 0 Å². The smallest absolute Gasteiger partial charge is 0.402 e. The maximum atomic E-state index is 10.2. The molecule has 0 aromatic heterocycles. The minimum absolute atomic E-state index is 0.636. The van der Waals surface area contributed by atoms with Gasteiger partial charge in [0, 0.05) is 6.08 Å². The Labute approximate surface area is 167 Å². The molecule has 0 fully saturated rings. The van der Waals surface area contributed by atoms with Crippen LogP contribution in [0.2, 0.25) is 0 Å². The van der Waals surface area contributed by atoms with Gasteiger partial charge in [0.15, 0.2) is 0 Å². The van der Waals surface area contributed by atoms with Crippen LogP contribution in [0.25, 0.3) is 0 Å². The van der Waals surface area contributed by atoms with Gasteiger partial charge in [0.1, 0.15) is 0 Å². The molecule has 0 saturated carbocycles. The number of allylic oxidation sites excluding steroid dienone is 5. The normalized spacial score (nSPS) is 11.0. The van der Waals surface area contributed by atoms with Crippen LogP contribution in [0, 0.1) is 5.92 Å². The molecule has 1 atom stereocenters. The molecule has 0 aliphatic rings. The molecule has 0 aromatic rings. The zero-order valence-corrected chi connectivity index (χ0v) is 18.3. The molecule has 0 bridgehead atoms. The Kier molecular flexibility index (Phi) is 38.3. The van der Waals surface area contributed by atoms with E-state index in [1.165, 1.54) is 25.3 Å². The zero-order valence-electron chi connectivity index (χ0n) is 18.3. The maximum Gasteiger partial charge on any atom is 0.402 e. The van der Waals surface area contributed by atoms with Crippen molar-refractivity contribution in [3.63, 3.8) is 0 Å². The van der Waals surface area contributed by atoms with E-state index >= 15 is 0 Å². The third-order valence-electron chi connectivity index (χ3n) is 2.96. The SMILES string of the molecule is C/C=C/CC(C)/C=C/CCCCCC/C=C\C(=O)O.CC.CC.NC(=O)O. The van der Waals surface area contributed by atoms with Gasteiger partial charge in [-0.1, -0.05) is 77.8 Å². The van der Waals surface area contributed by atoms with Gasteiger partial charge in [0.25, 0.3) is 0 Å². The first-order valence-electron chi connectivity index (χ1n) is 10.1. The highest BCUT2D eigenvalue weighted by atomic mass is 16.4. The average Bonchev–Trinajstić information content (AvgIpc) is 2.64. The molecule has 160 valence electrons. The number of unbranched alkanes of at least 4 members (excludes halogenated alkanes) is 5. The molecule has 0 heterocycles. The summed E-state index contributed by atoms with van der Waals surface area (Å²) in [6.07, 6.45) is 18.4. The third-order valence-corrected chi connectivity index (χ3v) is 2.96. The fourth-order valence-electron chi connectivity index (χ4n) is 1.82. The van der Waals surface area contributed by atoms with E-state index in [0.717, 1.165) is 25.7 Å². The van der Waals surface area contributed by atoms with Crippen LogP contribution < -0.4 is 5.73 Å². The fraction of sp³-hybridized carbons (Fsp3) is 0.636. The number of amides is 1. The van der Waals surface area contributed by atoms with Crippen LogP contribution in [0.1, 0.15) is 86.5 Å². The maximum absolute atomic E-state index is 10.2. The topological polar surface area (TPSA) is 101 Å². The van der Waals surface area contributed by atoms with Crippen molar-refractivity contribution >= 4 is 12.1 Å². The number of carbonyl (C=O) groups is 2. The number of primary amides is 1. The lowest BCUT2D eigenvalue weighted by atomic mass is 10.1. The van der Waals surface area contributed by atoms with E-state index in [4.69, 9.17) is 15.0 Å². The Morgan fingerprint density at radius 1 is 0.889 bits per heavy atom. The van der Waals surface area contributed by atoms with Crippen LogP contribution >= 0.6 is 0 Å². The van der Waals surface area contributed by atoms with Crippen LogP contribution in [0.3, 0.4) is 0 Å². The van der Waals surface area contributed by atoms with Gasteiger partial charge in [-0.2, -0.15) is 0 Å². The summed E-state index contributed by atoms with van der Waals surface area (Å²) >= 11 is 0. The largest absolute Gasteiger partial charge is 0.478 e. The summed E-state index contributed by atoms with van der Waals surface area (Å²) in [5, 5.41) is 15.6. The van der Waals surface area contributed by atoms with Crippen molar-refractivity contribution in [2.45, 2.75) is 86.5 Å². The van der Waals surface area contributed by atoms with Crippen LogP contribution in [-0.2, 0) is 4.79 Å². The zero-order chi connectivity index (χ0) is 21.9. The molecular weight excluding hydrogens is 342 g/mol. The Hall–Kier alpha value is -2.04. The number of hydrogen-bond acceptors (Lipinski definition) is 2. The van der Waals surface area contributed by atoms with Crippen LogP contribution in [0.5, 0.6) is 0 Å². The molecule has 0 saturated heterocycles. The van der Waals surface area contributed by atoms with Crippen LogP contribution in [0.4, 0.5) is 4.79 Å². The third kappa shape index (κ3) is 51.6. The summed E-state index contributed by atoms with van der Waals surface area (Å²) in [6.45, 7) is 12.3. The summed E-state index contributed by atoms with van der Waals surface area (Å²) in [5.74, 6) is -0.213. The van der Waals surface area contributed by atoms with Gasteiger partial charge >= 0.3 is 12.1 Å². The van der Waals surface area contributed by atoms with Crippen molar-refractivity contribution < 1.29 is 19.8 Å². The fourth-order valence-corrected chi connectivity index (χ4v) is 1.82. The first-order chi connectivity index (χ1) is 12.9. The first kappa shape index (κ1) is 32.6. The van der Waals surface area contributed by atoms with Gasteiger partial charge in [-0.25, -0.2) is 9.59 Å². The number of aliphatic carboxylic acids is 1. The molecule has 4 N–H and O–H groups in total. The molecular formula is C22H43NO4. The van der Waals surface area contributed by atoms with Crippen molar-refractivity contribution in [3.05, 3.63) is 36.5 Å². The molecule has 1 amide bonds. The highest BCUT2D eigenvalue weighted by Crippen LogP contribution is 2.09. The van der Waals surface area contributed by atoms with E-state index in [9.17, 15) is 4.79 Å². The molecule has 0 aliphatic carbocycles. The minimum atomic E-state index is -1.33. The van der Waals surface area contributed by atoms with Gasteiger partial charge in [0.2, 0.25) is 0 Å². The van der Waals surface area contributed by atoms with E-state index in [0.29, 0.717) is 5.92 Å². The minimum Gasteiger partial charge on any atom is -0.478 e. The highest BCUT2D eigenvalue weighted by Gasteiger charge is 1.92. The molecule has 0 aliphatic heterocycles. The van der Waals surface area contributed by atoms with Crippen molar-refractivity contribution in [2.24, 2.45) is 11.7 Å². The molecule has 0 spiro atoms. The van der Waals surface area contributed by atoms with Gasteiger partial charge in [-0.05, 0) is 44.9 Å². The summed E-state index contributed by atoms with van der Waals surface area (Å²) in [6, 6.07) is 0. The number of carboxylic acid groups (broad SMARTS) is 2. The molecule has 0 rings (SSSR count). The lowest BCUT2D eigenvalue weighted by molar-refractivity contribution is -0.131. The molecule has 5 heteroatoms. The van der Waals surface area contributed by atoms with E-state index in [1.54, 1.807) is 6.08 Å². The number of rotatable bonds is 11. The lowest BCUT2D eigenvalue weighted by Crippen LogP contribution is -2.03. The van der Waals surface area contributed by atoms with Gasteiger partial charge in [0.05, 0.1) is 0 Å². The van der Waals surface area contributed by atoms with Crippen molar-refractivity contribution in [3.8, 4) is 0 Å². The Morgan fingerprint density at radius 2 is 1.33 bits per heavy atom. The quantitative estimate of drug-likeness (QED) is 0.207. The van der Waals surface area contributed by atoms with E-state index in [-0.39, 0.29) is 0 Å². The molecule has 0 radical (unpaired) electrons.